The van der Waals surface area contributed by atoms with Gasteiger partial charge in [0.1, 0.15) is 0 Å². The molecule has 2 aliphatic rings. The Balaban J connectivity index is 0.000000336. The van der Waals surface area contributed by atoms with Gasteiger partial charge < -0.3 is 30.6 Å². The van der Waals surface area contributed by atoms with Gasteiger partial charge >= 0.3 is 23.9 Å². The molecule has 1 aromatic heterocycles. The first-order valence-electron chi connectivity index (χ1n) is 11.5. The summed E-state index contributed by atoms with van der Waals surface area (Å²) in [5.41, 5.74) is 4.40. The highest BCUT2D eigenvalue weighted by molar-refractivity contribution is 6.27. The molecule has 1 amide bonds. The van der Waals surface area contributed by atoms with E-state index < -0.39 is 23.9 Å². The zero-order chi connectivity index (χ0) is 27.5. The van der Waals surface area contributed by atoms with Crippen LogP contribution in [-0.4, -0.2) is 105 Å². The van der Waals surface area contributed by atoms with Crippen LogP contribution < -0.4 is 5.32 Å². The lowest BCUT2D eigenvalue weighted by Gasteiger charge is -2.32. The SMILES string of the molecule is CN1CCN(CC(=O)Nc2c3c(nc4ccccc24)CCCC3)CC1.O=C(O)C(=O)O.O=C(O)C(=O)O. The summed E-state index contributed by atoms with van der Waals surface area (Å²) < 4.78 is 0. The molecule has 37 heavy (non-hydrogen) atoms. The number of para-hydroxylation sites is 1. The molecule has 1 saturated heterocycles. The Hall–Kier alpha value is -4.10. The van der Waals surface area contributed by atoms with Crippen molar-refractivity contribution in [3.05, 3.63) is 35.5 Å². The maximum Gasteiger partial charge on any atom is 0.414 e. The number of aryl methyl sites for hydroxylation is 1. The van der Waals surface area contributed by atoms with Crippen molar-refractivity contribution in [3.63, 3.8) is 0 Å². The van der Waals surface area contributed by atoms with Gasteiger partial charge in [-0.15, -0.1) is 0 Å². The van der Waals surface area contributed by atoms with E-state index in [9.17, 15) is 4.79 Å². The normalized spacial score (nSPS) is 15.2. The van der Waals surface area contributed by atoms with E-state index in [1.165, 1.54) is 24.1 Å². The van der Waals surface area contributed by atoms with E-state index >= 15 is 0 Å². The molecule has 0 spiro atoms. The molecule has 13 heteroatoms. The van der Waals surface area contributed by atoms with Gasteiger partial charge in [0.05, 0.1) is 17.7 Å². The number of pyridine rings is 1. The second-order valence-electron chi connectivity index (χ2n) is 8.48. The third-order valence-electron chi connectivity index (χ3n) is 5.76. The molecule has 200 valence electrons. The number of aromatic nitrogens is 1. The highest BCUT2D eigenvalue weighted by atomic mass is 16.4. The number of likely N-dealkylation sites (N-methyl/N-ethyl adjacent to an activating group) is 1. The van der Waals surface area contributed by atoms with E-state index in [2.05, 4.69) is 28.2 Å². The average molecular weight is 519 g/mol. The summed E-state index contributed by atoms with van der Waals surface area (Å²) >= 11 is 0. The Labute approximate surface area is 212 Å². The van der Waals surface area contributed by atoms with Crippen molar-refractivity contribution in [2.45, 2.75) is 25.7 Å². The highest BCUT2D eigenvalue weighted by Crippen LogP contribution is 2.33. The lowest BCUT2D eigenvalue weighted by molar-refractivity contribution is -0.159. The molecule has 2 aromatic rings. The number of carbonyl (C=O) groups is 5. The van der Waals surface area contributed by atoms with Gasteiger partial charge in [0, 0.05) is 37.3 Å². The Morgan fingerprint density at radius 2 is 1.38 bits per heavy atom. The number of rotatable bonds is 3. The Morgan fingerprint density at radius 1 is 0.838 bits per heavy atom. The third-order valence-corrected chi connectivity index (χ3v) is 5.76. The number of anilines is 1. The van der Waals surface area contributed by atoms with Gasteiger partial charge in [-0.25, -0.2) is 19.2 Å². The molecule has 13 nitrogen and oxygen atoms in total. The molecule has 0 radical (unpaired) electrons. The van der Waals surface area contributed by atoms with E-state index in [0.29, 0.717) is 6.54 Å². The van der Waals surface area contributed by atoms with Crippen LogP contribution in [0.25, 0.3) is 10.9 Å². The van der Waals surface area contributed by atoms with Gasteiger partial charge in [-0.1, -0.05) is 18.2 Å². The van der Waals surface area contributed by atoms with Gasteiger partial charge in [-0.2, -0.15) is 0 Å². The lowest BCUT2D eigenvalue weighted by Crippen LogP contribution is -2.47. The van der Waals surface area contributed by atoms with E-state index in [1.807, 2.05) is 18.2 Å². The molecule has 4 rings (SSSR count). The standard InChI is InChI=1S/C20H26N4O.2C2H2O4/c1-23-10-12-24(13-11-23)14-19(25)22-20-15-6-2-4-8-17(15)21-18-9-5-3-7-16(18)20;2*3-1(4)2(5)6/h2,4,6,8H,3,5,7,9-14H2,1H3,(H,21,22,25);2*(H,3,4)(H,5,6). The van der Waals surface area contributed by atoms with Crippen LogP contribution in [0, 0.1) is 0 Å². The van der Waals surface area contributed by atoms with Crippen LogP contribution in [-0.2, 0) is 36.8 Å². The molecule has 5 N–H and O–H groups in total. The summed E-state index contributed by atoms with van der Waals surface area (Å²) in [6.45, 7) is 4.44. The lowest BCUT2D eigenvalue weighted by atomic mass is 9.92. The fraction of sp³-hybridized carbons (Fsp3) is 0.417. The maximum absolute atomic E-state index is 12.7. The fourth-order valence-electron chi connectivity index (χ4n) is 3.90. The Morgan fingerprint density at radius 3 is 1.95 bits per heavy atom. The van der Waals surface area contributed by atoms with Crippen LogP contribution in [0.15, 0.2) is 24.3 Å². The van der Waals surface area contributed by atoms with Crippen molar-refractivity contribution >= 4 is 46.4 Å². The first-order chi connectivity index (χ1) is 17.5. The third kappa shape index (κ3) is 9.13. The largest absolute Gasteiger partial charge is 0.473 e. The van der Waals surface area contributed by atoms with Crippen LogP contribution >= 0.6 is 0 Å². The average Bonchev–Trinajstić information content (AvgIpc) is 2.86. The molecule has 0 saturated carbocycles. The van der Waals surface area contributed by atoms with Crippen LogP contribution in [0.5, 0.6) is 0 Å². The van der Waals surface area contributed by atoms with Gasteiger partial charge in [-0.05, 0) is 44.4 Å². The van der Waals surface area contributed by atoms with Crippen molar-refractivity contribution in [2.24, 2.45) is 0 Å². The second kappa shape index (κ2) is 13.8. The monoisotopic (exact) mass is 518 g/mol. The number of amides is 1. The van der Waals surface area contributed by atoms with E-state index in [4.69, 9.17) is 44.6 Å². The molecule has 1 aliphatic heterocycles. The Kier molecular flexibility index (Phi) is 10.9. The van der Waals surface area contributed by atoms with Crippen molar-refractivity contribution in [1.82, 2.24) is 14.8 Å². The number of carboxylic acids is 4. The number of carbonyl (C=O) groups excluding carboxylic acids is 1. The number of fused-ring (bicyclic) bond motifs is 2. The summed E-state index contributed by atoms with van der Waals surface area (Å²) in [7, 11) is 2.13. The smallest absolute Gasteiger partial charge is 0.414 e. The summed E-state index contributed by atoms with van der Waals surface area (Å²) in [6, 6.07) is 8.15. The number of aliphatic carboxylic acids is 4. The molecule has 1 aliphatic carbocycles. The molecule has 0 bridgehead atoms. The Bertz CT molecular complexity index is 1110. The van der Waals surface area contributed by atoms with Crippen LogP contribution in [0.4, 0.5) is 5.69 Å². The first kappa shape index (κ1) is 29.1. The van der Waals surface area contributed by atoms with Crippen molar-refractivity contribution in [1.29, 1.82) is 0 Å². The van der Waals surface area contributed by atoms with Crippen molar-refractivity contribution < 1.29 is 44.4 Å². The van der Waals surface area contributed by atoms with E-state index in [1.54, 1.807) is 0 Å². The zero-order valence-electron chi connectivity index (χ0n) is 20.3. The number of nitrogens with one attached hydrogen (secondary N) is 1. The molecule has 2 heterocycles. The quantitative estimate of drug-likeness (QED) is 0.355. The number of nitrogens with zero attached hydrogens (tertiary/aromatic N) is 3. The highest BCUT2D eigenvalue weighted by Gasteiger charge is 2.21. The maximum atomic E-state index is 12.7. The fourth-order valence-corrected chi connectivity index (χ4v) is 3.90. The molecule has 0 atom stereocenters. The molecule has 1 fully saturated rings. The van der Waals surface area contributed by atoms with Gasteiger partial charge in [-0.3, -0.25) is 14.7 Å². The molecular formula is C24H30N4O9. The van der Waals surface area contributed by atoms with Crippen LogP contribution in [0.3, 0.4) is 0 Å². The number of piperazine rings is 1. The topological polar surface area (TPSA) is 198 Å². The summed E-state index contributed by atoms with van der Waals surface area (Å²) in [4.78, 5) is 58.5. The summed E-state index contributed by atoms with van der Waals surface area (Å²) in [6.07, 6.45) is 4.39. The number of benzene rings is 1. The number of hydrogen-bond donors (Lipinski definition) is 5. The first-order valence-corrected chi connectivity index (χ1v) is 11.5. The molecule has 0 unspecified atom stereocenters. The molecule has 1 aromatic carbocycles. The van der Waals surface area contributed by atoms with E-state index in [0.717, 1.165) is 55.6 Å². The molecular weight excluding hydrogens is 488 g/mol. The second-order valence-corrected chi connectivity index (χ2v) is 8.48. The van der Waals surface area contributed by atoms with Gasteiger partial charge in [0.25, 0.3) is 0 Å². The minimum absolute atomic E-state index is 0.0914. The summed E-state index contributed by atoms with van der Waals surface area (Å²) in [5.74, 6) is -7.20. The predicted molar refractivity (Wildman–Crippen MR) is 131 cm³/mol. The van der Waals surface area contributed by atoms with Crippen LogP contribution in [0.2, 0.25) is 0 Å². The predicted octanol–water partition coefficient (Wildman–Crippen LogP) is 0.611. The van der Waals surface area contributed by atoms with Gasteiger partial charge in [0.2, 0.25) is 5.91 Å². The van der Waals surface area contributed by atoms with Crippen molar-refractivity contribution in [3.8, 4) is 0 Å². The number of hydrogen-bond acceptors (Lipinski definition) is 8. The minimum atomic E-state index is -1.82. The van der Waals surface area contributed by atoms with Crippen LogP contribution in [0.1, 0.15) is 24.1 Å². The summed E-state index contributed by atoms with van der Waals surface area (Å²) in [5, 5.41) is 33.9. The number of carboxylic acid groups (broad SMARTS) is 4. The minimum Gasteiger partial charge on any atom is -0.473 e. The van der Waals surface area contributed by atoms with E-state index in [-0.39, 0.29) is 5.91 Å². The van der Waals surface area contributed by atoms with Crippen molar-refractivity contribution in [2.75, 3.05) is 45.1 Å². The zero-order valence-corrected chi connectivity index (χ0v) is 20.3. The van der Waals surface area contributed by atoms with Gasteiger partial charge in [0.15, 0.2) is 0 Å².